The number of hydrogen-bond acceptors (Lipinski definition) is 4. The molecule has 1 aromatic rings. The van der Waals surface area contributed by atoms with Gasteiger partial charge in [-0.2, -0.15) is 0 Å². The molecule has 0 aliphatic rings. The summed E-state index contributed by atoms with van der Waals surface area (Å²) in [7, 11) is -3.56. The Morgan fingerprint density at radius 1 is 1.56 bits per heavy atom. The maximum absolute atomic E-state index is 11.7. The minimum Gasteiger partial charge on any atom is -0.300 e. The van der Waals surface area contributed by atoms with Gasteiger partial charge in [-0.1, -0.05) is 17.7 Å². The van der Waals surface area contributed by atoms with Crippen molar-refractivity contribution >= 4 is 21.6 Å². The Hall–Kier alpha value is -0.660. The molecule has 0 spiro atoms. The molecule has 0 aliphatic carbocycles. The van der Waals surface area contributed by atoms with E-state index >= 15 is 0 Å². The standard InChI is InChI=1S/C9H13ClN2O3S/c1-7(15-11)6-12-16(13,14)9-4-2-3-8(10)5-9/h2-5,7,12H,6,11H2,1H3. The Balaban J connectivity index is 2.78. The molecule has 0 saturated carbocycles. The molecule has 0 saturated heterocycles. The van der Waals surface area contributed by atoms with Gasteiger partial charge in [0, 0.05) is 11.6 Å². The molecule has 1 atom stereocenters. The largest absolute Gasteiger partial charge is 0.300 e. The van der Waals surface area contributed by atoms with Crippen LogP contribution < -0.4 is 10.6 Å². The molecule has 0 aliphatic heterocycles. The molecule has 1 aromatic carbocycles. The van der Waals surface area contributed by atoms with Crippen LogP contribution in [0.3, 0.4) is 0 Å². The average molecular weight is 265 g/mol. The first-order chi connectivity index (χ1) is 7.45. The molecule has 7 heteroatoms. The SMILES string of the molecule is CC(CNS(=O)(=O)c1cccc(Cl)c1)ON. The maximum atomic E-state index is 11.7. The van der Waals surface area contributed by atoms with Crippen LogP contribution in [-0.4, -0.2) is 21.1 Å². The lowest BCUT2D eigenvalue weighted by Gasteiger charge is -2.10. The molecule has 1 unspecified atom stereocenters. The Morgan fingerprint density at radius 2 is 2.25 bits per heavy atom. The van der Waals surface area contributed by atoms with E-state index < -0.39 is 16.1 Å². The summed E-state index contributed by atoms with van der Waals surface area (Å²) in [6, 6.07) is 6.01. The van der Waals surface area contributed by atoms with Crippen molar-refractivity contribution in [2.45, 2.75) is 17.9 Å². The summed E-state index contributed by atoms with van der Waals surface area (Å²) >= 11 is 5.70. The topological polar surface area (TPSA) is 81.4 Å². The zero-order valence-electron chi connectivity index (χ0n) is 8.68. The maximum Gasteiger partial charge on any atom is 0.240 e. The highest BCUT2D eigenvalue weighted by Gasteiger charge is 2.15. The van der Waals surface area contributed by atoms with Crippen LogP contribution in [0.2, 0.25) is 5.02 Å². The lowest BCUT2D eigenvalue weighted by Crippen LogP contribution is -2.33. The van der Waals surface area contributed by atoms with Crippen LogP contribution in [-0.2, 0) is 14.9 Å². The van der Waals surface area contributed by atoms with Gasteiger partial charge in [0.2, 0.25) is 10.0 Å². The summed E-state index contributed by atoms with van der Waals surface area (Å²) in [5, 5.41) is 0.367. The Bertz CT molecular complexity index is 450. The Kier molecular flexibility index (Phi) is 4.69. The summed E-state index contributed by atoms with van der Waals surface area (Å²) in [4.78, 5) is 4.57. The quantitative estimate of drug-likeness (QED) is 0.774. The number of halogens is 1. The summed E-state index contributed by atoms with van der Waals surface area (Å²) < 4.78 is 25.8. The zero-order chi connectivity index (χ0) is 12.2. The van der Waals surface area contributed by atoms with E-state index in [2.05, 4.69) is 9.56 Å². The fourth-order valence-corrected chi connectivity index (χ4v) is 2.41. The van der Waals surface area contributed by atoms with Crippen LogP contribution in [0, 0.1) is 0 Å². The number of rotatable bonds is 5. The van der Waals surface area contributed by atoms with Crippen molar-refractivity contribution < 1.29 is 13.3 Å². The number of hydrogen-bond donors (Lipinski definition) is 2. The first-order valence-electron chi connectivity index (χ1n) is 4.56. The lowest BCUT2D eigenvalue weighted by molar-refractivity contribution is 0.0702. The fourth-order valence-electron chi connectivity index (χ4n) is 0.993. The van der Waals surface area contributed by atoms with E-state index in [1.807, 2.05) is 0 Å². The van der Waals surface area contributed by atoms with E-state index in [1.165, 1.54) is 12.1 Å². The summed E-state index contributed by atoms with van der Waals surface area (Å²) in [6.45, 7) is 1.76. The minimum absolute atomic E-state index is 0.103. The third-order valence-electron chi connectivity index (χ3n) is 1.90. The van der Waals surface area contributed by atoms with Crippen LogP contribution >= 0.6 is 11.6 Å². The van der Waals surface area contributed by atoms with E-state index in [1.54, 1.807) is 19.1 Å². The van der Waals surface area contributed by atoms with Crippen molar-refractivity contribution in [2.75, 3.05) is 6.54 Å². The molecule has 90 valence electrons. The first-order valence-corrected chi connectivity index (χ1v) is 6.42. The zero-order valence-corrected chi connectivity index (χ0v) is 10.3. The Morgan fingerprint density at radius 3 is 2.81 bits per heavy atom. The Labute approximate surface area is 99.5 Å². The van der Waals surface area contributed by atoms with Crippen molar-refractivity contribution in [3.8, 4) is 0 Å². The molecule has 3 N–H and O–H groups in total. The van der Waals surface area contributed by atoms with E-state index in [0.717, 1.165) is 0 Å². The number of benzene rings is 1. The normalized spacial score (nSPS) is 13.7. The summed E-state index contributed by atoms with van der Waals surface area (Å²) in [5.41, 5.74) is 0. The van der Waals surface area contributed by atoms with Gasteiger partial charge < -0.3 is 4.84 Å². The molecule has 0 amide bonds. The molecule has 1 rings (SSSR count). The van der Waals surface area contributed by atoms with Crippen molar-refractivity contribution in [1.29, 1.82) is 0 Å². The van der Waals surface area contributed by atoms with Gasteiger partial charge in [0.05, 0.1) is 11.0 Å². The molecule has 16 heavy (non-hydrogen) atoms. The molecule has 0 bridgehead atoms. The van der Waals surface area contributed by atoms with Gasteiger partial charge in [0.15, 0.2) is 0 Å². The van der Waals surface area contributed by atoms with E-state index in [9.17, 15) is 8.42 Å². The third kappa shape index (κ3) is 3.73. The second-order valence-electron chi connectivity index (χ2n) is 3.26. The van der Waals surface area contributed by atoms with Gasteiger partial charge in [-0.05, 0) is 25.1 Å². The molecule has 0 radical (unpaired) electrons. The average Bonchev–Trinajstić information content (AvgIpc) is 2.26. The van der Waals surface area contributed by atoms with Crippen molar-refractivity contribution in [3.63, 3.8) is 0 Å². The van der Waals surface area contributed by atoms with Crippen LogP contribution in [0.4, 0.5) is 0 Å². The van der Waals surface area contributed by atoms with Gasteiger partial charge in [0.1, 0.15) is 0 Å². The molecule has 5 nitrogen and oxygen atoms in total. The predicted octanol–water partition coefficient (Wildman–Crippen LogP) is 0.897. The van der Waals surface area contributed by atoms with Gasteiger partial charge in [-0.25, -0.2) is 19.0 Å². The third-order valence-corrected chi connectivity index (χ3v) is 3.56. The number of sulfonamides is 1. The second kappa shape index (κ2) is 5.60. The van der Waals surface area contributed by atoms with E-state index in [-0.39, 0.29) is 11.4 Å². The van der Waals surface area contributed by atoms with Crippen LogP contribution in [0.25, 0.3) is 0 Å². The van der Waals surface area contributed by atoms with Gasteiger partial charge in [-0.15, -0.1) is 0 Å². The molecule has 0 aromatic heterocycles. The molecular formula is C9H13ClN2O3S. The van der Waals surface area contributed by atoms with E-state index in [4.69, 9.17) is 17.5 Å². The summed E-state index contributed by atoms with van der Waals surface area (Å²) in [6.07, 6.45) is -0.394. The highest BCUT2D eigenvalue weighted by Crippen LogP contribution is 2.14. The highest BCUT2D eigenvalue weighted by atomic mass is 35.5. The predicted molar refractivity (Wildman–Crippen MR) is 61.4 cm³/mol. The van der Waals surface area contributed by atoms with Crippen molar-refractivity contribution in [2.24, 2.45) is 5.90 Å². The van der Waals surface area contributed by atoms with E-state index in [0.29, 0.717) is 5.02 Å². The second-order valence-corrected chi connectivity index (χ2v) is 5.46. The number of nitrogens with two attached hydrogens (primary N) is 1. The number of nitrogens with one attached hydrogen (secondary N) is 1. The highest BCUT2D eigenvalue weighted by molar-refractivity contribution is 7.89. The molecule has 0 fully saturated rings. The first kappa shape index (κ1) is 13.4. The van der Waals surface area contributed by atoms with Crippen molar-refractivity contribution in [1.82, 2.24) is 4.72 Å². The van der Waals surface area contributed by atoms with Crippen molar-refractivity contribution in [3.05, 3.63) is 29.3 Å². The van der Waals surface area contributed by atoms with Gasteiger partial charge in [-0.3, -0.25) is 0 Å². The van der Waals surface area contributed by atoms with Crippen LogP contribution in [0.1, 0.15) is 6.92 Å². The lowest BCUT2D eigenvalue weighted by atomic mass is 10.4. The van der Waals surface area contributed by atoms with Gasteiger partial charge in [0.25, 0.3) is 0 Å². The monoisotopic (exact) mass is 264 g/mol. The minimum atomic E-state index is -3.56. The molecular weight excluding hydrogens is 252 g/mol. The van der Waals surface area contributed by atoms with Crippen LogP contribution in [0.5, 0.6) is 0 Å². The summed E-state index contributed by atoms with van der Waals surface area (Å²) in [5.74, 6) is 4.91. The molecule has 0 heterocycles. The van der Waals surface area contributed by atoms with Crippen LogP contribution in [0.15, 0.2) is 29.2 Å². The smallest absolute Gasteiger partial charge is 0.240 e. The van der Waals surface area contributed by atoms with Gasteiger partial charge >= 0.3 is 0 Å². The fraction of sp³-hybridized carbons (Fsp3) is 0.333.